The predicted molar refractivity (Wildman–Crippen MR) is 63.5 cm³/mol. The lowest BCUT2D eigenvalue weighted by molar-refractivity contribution is 0.183. The molecule has 0 radical (unpaired) electrons. The van der Waals surface area contributed by atoms with Crippen LogP contribution in [0.4, 0.5) is 0 Å². The Morgan fingerprint density at radius 1 is 1.21 bits per heavy atom. The Kier molecular flexibility index (Phi) is 4.00. The molecule has 1 nitrogen and oxygen atoms in total. The minimum atomic E-state index is 0.562. The Hall–Kier alpha value is -0.0400. The summed E-state index contributed by atoms with van der Waals surface area (Å²) < 4.78 is 0. The zero-order valence-corrected chi connectivity index (χ0v) is 10.6. The number of nitrogens with one attached hydrogen (secondary N) is 1. The summed E-state index contributed by atoms with van der Waals surface area (Å²) in [7, 11) is 0. The molecule has 1 N–H and O–H groups in total. The summed E-state index contributed by atoms with van der Waals surface area (Å²) in [5.74, 6) is 0.750. The fourth-order valence-electron chi connectivity index (χ4n) is 2.40. The molecule has 0 amide bonds. The summed E-state index contributed by atoms with van der Waals surface area (Å²) >= 11 is 0. The second kappa shape index (κ2) is 4.65. The summed E-state index contributed by atoms with van der Waals surface area (Å²) in [6.07, 6.45) is 5.53. The molecule has 2 atom stereocenters. The summed E-state index contributed by atoms with van der Waals surface area (Å²) in [6.45, 7) is 11.7. The molecule has 0 bridgehead atoms. The lowest BCUT2D eigenvalue weighted by Crippen LogP contribution is -2.43. The summed E-state index contributed by atoms with van der Waals surface area (Å²) in [6, 6.07) is 1.42. The predicted octanol–water partition coefficient (Wildman–Crippen LogP) is 3.59. The highest BCUT2D eigenvalue weighted by Crippen LogP contribution is 2.35. The van der Waals surface area contributed by atoms with Crippen LogP contribution in [0.3, 0.4) is 0 Å². The Morgan fingerprint density at radius 2 is 1.86 bits per heavy atom. The lowest BCUT2D eigenvalue weighted by Gasteiger charge is -2.37. The van der Waals surface area contributed by atoms with E-state index in [2.05, 4.69) is 39.9 Å². The highest BCUT2D eigenvalue weighted by atomic mass is 15.0. The molecule has 0 spiro atoms. The van der Waals surface area contributed by atoms with E-state index in [9.17, 15) is 0 Å². The van der Waals surface area contributed by atoms with Gasteiger partial charge in [0, 0.05) is 12.1 Å². The molecule has 0 unspecified atom stereocenters. The molecule has 0 aromatic heterocycles. The maximum atomic E-state index is 3.77. The van der Waals surface area contributed by atoms with Crippen LogP contribution in [0.5, 0.6) is 0 Å². The van der Waals surface area contributed by atoms with Gasteiger partial charge in [-0.25, -0.2) is 0 Å². The second-order valence-corrected chi connectivity index (χ2v) is 6.16. The van der Waals surface area contributed by atoms with E-state index in [0.717, 1.165) is 12.0 Å². The van der Waals surface area contributed by atoms with Crippen LogP contribution in [-0.4, -0.2) is 12.1 Å². The largest absolute Gasteiger partial charge is 0.311 e. The smallest absolute Gasteiger partial charge is 0.00747 e. The third kappa shape index (κ3) is 3.61. The van der Waals surface area contributed by atoms with Crippen LogP contribution in [0.2, 0.25) is 0 Å². The van der Waals surface area contributed by atoms with Gasteiger partial charge < -0.3 is 5.32 Å². The monoisotopic (exact) mass is 197 g/mol. The highest BCUT2D eigenvalue weighted by molar-refractivity contribution is 4.85. The van der Waals surface area contributed by atoms with E-state index in [1.807, 2.05) is 0 Å². The van der Waals surface area contributed by atoms with Gasteiger partial charge >= 0.3 is 0 Å². The first-order chi connectivity index (χ1) is 6.41. The molecule has 1 rings (SSSR count). The molecular formula is C13H27N. The van der Waals surface area contributed by atoms with E-state index in [0.29, 0.717) is 11.5 Å². The molecule has 1 aliphatic carbocycles. The van der Waals surface area contributed by atoms with Crippen LogP contribution in [-0.2, 0) is 0 Å². The molecule has 0 aromatic carbocycles. The first-order valence-electron chi connectivity index (χ1n) is 6.17. The van der Waals surface area contributed by atoms with Crippen LogP contribution in [0.1, 0.15) is 60.3 Å². The van der Waals surface area contributed by atoms with Gasteiger partial charge in [-0.15, -0.1) is 0 Å². The summed E-state index contributed by atoms with van der Waals surface area (Å²) in [5.41, 5.74) is 0.562. The SMILES string of the molecule is CC(C)[C@@H](C)N[C@H]1CCCC(C)(C)C1. The standard InChI is InChI=1S/C13H27N/c1-10(2)11(3)14-12-7-6-8-13(4,5)9-12/h10-12,14H,6-9H2,1-5H3/t11-,12+/m1/s1. The highest BCUT2D eigenvalue weighted by Gasteiger charge is 2.28. The molecule has 0 saturated heterocycles. The number of rotatable bonds is 3. The van der Waals surface area contributed by atoms with Gasteiger partial charge in [-0.1, -0.05) is 34.1 Å². The van der Waals surface area contributed by atoms with Gasteiger partial charge in [0.1, 0.15) is 0 Å². The van der Waals surface area contributed by atoms with Crippen LogP contribution >= 0.6 is 0 Å². The molecule has 1 aliphatic rings. The average molecular weight is 197 g/mol. The van der Waals surface area contributed by atoms with Crippen LogP contribution in [0.15, 0.2) is 0 Å². The second-order valence-electron chi connectivity index (χ2n) is 6.16. The lowest BCUT2D eigenvalue weighted by atomic mass is 9.75. The summed E-state index contributed by atoms with van der Waals surface area (Å²) in [4.78, 5) is 0. The Balaban J connectivity index is 2.38. The van der Waals surface area contributed by atoms with Gasteiger partial charge in [0.25, 0.3) is 0 Å². The molecule has 0 aliphatic heterocycles. The van der Waals surface area contributed by atoms with Crippen LogP contribution in [0.25, 0.3) is 0 Å². The topological polar surface area (TPSA) is 12.0 Å². The van der Waals surface area contributed by atoms with Gasteiger partial charge in [0.2, 0.25) is 0 Å². The van der Waals surface area contributed by atoms with Crippen molar-refractivity contribution in [2.75, 3.05) is 0 Å². The maximum Gasteiger partial charge on any atom is 0.00747 e. The molecule has 1 heteroatoms. The van der Waals surface area contributed by atoms with Crippen LogP contribution in [0, 0.1) is 11.3 Å². The number of hydrogen-bond donors (Lipinski definition) is 1. The zero-order chi connectivity index (χ0) is 10.8. The van der Waals surface area contributed by atoms with Gasteiger partial charge in [0.15, 0.2) is 0 Å². The third-order valence-electron chi connectivity index (χ3n) is 3.70. The van der Waals surface area contributed by atoms with E-state index in [1.54, 1.807) is 0 Å². The van der Waals surface area contributed by atoms with Crippen molar-refractivity contribution < 1.29 is 0 Å². The van der Waals surface area contributed by atoms with E-state index >= 15 is 0 Å². The Morgan fingerprint density at radius 3 is 2.36 bits per heavy atom. The molecule has 1 fully saturated rings. The molecular weight excluding hydrogens is 170 g/mol. The van der Waals surface area contributed by atoms with Gasteiger partial charge in [-0.3, -0.25) is 0 Å². The molecule has 14 heavy (non-hydrogen) atoms. The van der Waals surface area contributed by atoms with Crippen molar-refractivity contribution in [3.8, 4) is 0 Å². The maximum absolute atomic E-state index is 3.77. The molecule has 0 heterocycles. The number of hydrogen-bond acceptors (Lipinski definition) is 1. The molecule has 0 aromatic rings. The normalized spacial score (nSPS) is 29.1. The van der Waals surface area contributed by atoms with Crippen LogP contribution < -0.4 is 5.32 Å². The first kappa shape index (κ1) is 12.0. The van der Waals surface area contributed by atoms with Gasteiger partial charge in [-0.05, 0) is 37.5 Å². The Labute approximate surface area is 89.7 Å². The minimum Gasteiger partial charge on any atom is -0.311 e. The van der Waals surface area contributed by atoms with Gasteiger partial charge in [0.05, 0.1) is 0 Å². The molecule has 1 saturated carbocycles. The van der Waals surface area contributed by atoms with E-state index < -0.39 is 0 Å². The van der Waals surface area contributed by atoms with Crippen molar-refractivity contribution in [1.82, 2.24) is 5.32 Å². The fourth-order valence-corrected chi connectivity index (χ4v) is 2.40. The Bertz CT molecular complexity index is 172. The van der Waals surface area contributed by atoms with Gasteiger partial charge in [-0.2, -0.15) is 0 Å². The van der Waals surface area contributed by atoms with E-state index in [1.165, 1.54) is 25.7 Å². The third-order valence-corrected chi connectivity index (χ3v) is 3.70. The van der Waals surface area contributed by atoms with Crippen molar-refractivity contribution in [1.29, 1.82) is 0 Å². The quantitative estimate of drug-likeness (QED) is 0.729. The van der Waals surface area contributed by atoms with E-state index in [4.69, 9.17) is 0 Å². The van der Waals surface area contributed by atoms with Crippen molar-refractivity contribution in [3.63, 3.8) is 0 Å². The van der Waals surface area contributed by atoms with Crippen molar-refractivity contribution in [2.45, 2.75) is 72.4 Å². The molecule has 84 valence electrons. The minimum absolute atomic E-state index is 0.562. The summed E-state index contributed by atoms with van der Waals surface area (Å²) in [5, 5.41) is 3.77. The fraction of sp³-hybridized carbons (Fsp3) is 1.00. The van der Waals surface area contributed by atoms with Crippen molar-refractivity contribution >= 4 is 0 Å². The zero-order valence-electron chi connectivity index (χ0n) is 10.6. The van der Waals surface area contributed by atoms with E-state index in [-0.39, 0.29) is 0 Å². The average Bonchev–Trinajstić information content (AvgIpc) is 2.01. The van der Waals surface area contributed by atoms with Crippen molar-refractivity contribution in [2.24, 2.45) is 11.3 Å². The first-order valence-corrected chi connectivity index (χ1v) is 6.17. The van der Waals surface area contributed by atoms with Crippen molar-refractivity contribution in [3.05, 3.63) is 0 Å².